The Morgan fingerprint density at radius 3 is 2.52 bits per heavy atom. The molecule has 1 heterocycles. The van der Waals surface area contributed by atoms with Crippen molar-refractivity contribution in [1.82, 2.24) is 15.5 Å². The summed E-state index contributed by atoms with van der Waals surface area (Å²) in [7, 11) is 0. The average Bonchev–Trinajstić information content (AvgIpc) is 3.06. The molecule has 0 bridgehead atoms. The first-order valence-electron chi connectivity index (χ1n) is 8.28. The zero-order valence-electron chi connectivity index (χ0n) is 14.7. The van der Waals surface area contributed by atoms with Gasteiger partial charge in [-0.3, -0.25) is 4.79 Å². The molecule has 5 nitrogen and oxygen atoms in total. The lowest BCUT2D eigenvalue weighted by atomic mass is 10.1. The highest BCUT2D eigenvalue weighted by atomic mass is 16.5. The molecule has 0 atom stereocenters. The number of benzene rings is 2. The van der Waals surface area contributed by atoms with Crippen LogP contribution in [0.1, 0.15) is 32.9 Å². The van der Waals surface area contributed by atoms with Gasteiger partial charge in [0, 0.05) is 24.1 Å². The molecule has 3 aromatic rings. The summed E-state index contributed by atoms with van der Waals surface area (Å²) in [6.45, 7) is 6.50. The van der Waals surface area contributed by atoms with Gasteiger partial charge in [0.2, 0.25) is 11.7 Å². The first-order chi connectivity index (χ1) is 12.0. The Hall–Kier alpha value is -2.95. The van der Waals surface area contributed by atoms with Gasteiger partial charge in [0.1, 0.15) is 0 Å². The number of carbonyl (C=O) groups excluding carboxylic acids is 1. The van der Waals surface area contributed by atoms with Crippen LogP contribution in [-0.2, 0) is 6.42 Å². The summed E-state index contributed by atoms with van der Waals surface area (Å²) >= 11 is 0. The van der Waals surface area contributed by atoms with Gasteiger partial charge in [0.25, 0.3) is 5.91 Å². The molecular weight excluding hydrogens is 314 g/mol. The minimum atomic E-state index is -0.0960. The normalized spacial score (nSPS) is 10.7. The summed E-state index contributed by atoms with van der Waals surface area (Å²) < 4.78 is 5.26. The smallest absolute Gasteiger partial charge is 0.251 e. The number of amides is 1. The summed E-state index contributed by atoms with van der Waals surface area (Å²) in [5, 5.41) is 6.88. The Morgan fingerprint density at radius 2 is 1.80 bits per heavy atom. The van der Waals surface area contributed by atoms with E-state index in [-0.39, 0.29) is 5.91 Å². The van der Waals surface area contributed by atoms with Crippen molar-refractivity contribution >= 4 is 5.91 Å². The zero-order valence-corrected chi connectivity index (χ0v) is 14.7. The Labute approximate surface area is 147 Å². The van der Waals surface area contributed by atoms with Gasteiger partial charge in [0.05, 0.1) is 0 Å². The summed E-state index contributed by atoms with van der Waals surface area (Å²) in [5.74, 6) is 0.979. The predicted octanol–water partition coefficient (Wildman–Crippen LogP) is 3.63. The molecule has 1 aromatic heterocycles. The van der Waals surface area contributed by atoms with Crippen molar-refractivity contribution in [2.24, 2.45) is 0 Å². The van der Waals surface area contributed by atoms with E-state index < -0.39 is 0 Å². The second-order valence-electron chi connectivity index (χ2n) is 6.18. The van der Waals surface area contributed by atoms with E-state index in [1.54, 1.807) is 0 Å². The monoisotopic (exact) mass is 335 g/mol. The fraction of sp³-hybridized carbons (Fsp3) is 0.250. The number of rotatable bonds is 5. The standard InChI is InChI=1S/C20H21N3O2/c1-13-4-7-16(8-5-13)19-22-18(25-23-19)10-11-21-20(24)17-9-6-14(2)15(3)12-17/h4-9,12H,10-11H2,1-3H3,(H,21,24). The summed E-state index contributed by atoms with van der Waals surface area (Å²) in [6, 6.07) is 13.6. The van der Waals surface area contributed by atoms with E-state index in [9.17, 15) is 4.79 Å². The van der Waals surface area contributed by atoms with Gasteiger partial charge in [-0.05, 0) is 44.0 Å². The Bertz CT molecular complexity index is 882. The average molecular weight is 335 g/mol. The van der Waals surface area contributed by atoms with Crippen LogP contribution in [0.5, 0.6) is 0 Å². The lowest BCUT2D eigenvalue weighted by Gasteiger charge is -2.06. The van der Waals surface area contributed by atoms with Crippen molar-refractivity contribution in [2.75, 3.05) is 6.54 Å². The minimum Gasteiger partial charge on any atom is -0.352 e. The van der Waals surface area contributed by atoms with Crippen LogP contribution in [0, 0.1) is 20.8 Å². The van der Waals surface area contributed by atoms with Crippen LogP contribution in [0.25, 0.3) is 11.4 Å². The quantitative estimate of drug-likeness (QED) is 0.773. The maximum Gasteiger partial charge on any atom is 0.251 e. The second-order valence-corrected chi connectivity index (χ2v) is 6.18. The van der Waals surface area contributed by atoms with Crippen molar-refractivity contribution in [3.63, 3.8) is 0 Å². The van der Waals surface area contributed by atoms with E-state index in [4.69, 9.17) is 4.52 Å². The molecule has 1 N–H and O–H groups in total. The van der Waals surface area contributed by atoms with Crippen LogP contribution in [0.15, 0.2) is 47.0 Å². The second kappa shape index (κ2) is 7.30. The number of nitrogens with one attached hydrogen (secondary N) is 1. The van der Waals surface area contributed by atoms with Gasteiger partial charge in [-0.1, -0.05) is 41.1 Å². The van der Waals surface area contributed by atoms with Crippen molar-refractivity contribution < 1.29 is 9.32 Å². The van der Waals surface area contributed by atoms with Crippen LogP contribution in [0.3, 0.4) is 0 Å². The fourth-order valence-corrected chi connectivity index (χ4v) is 2.44. The molecule has 0 aliphatic rings. The Balaban J connectivity index is 1.56. The predicted molar refractivity (Wildman–Crippen MR) is 96.4 cm³/mol. The topological polar surface area (TPSA) is 68.0 Å². The third-order valence-corrected chi connectivity index (χ3v) is 4.17. The van der Waals surface area contributed by atoms with Gasteiger partial charge < -0.3 is 9.84 Å². The van der Waals surface area contributed by atoms with Gasteiger partial charge >= 0.3 is 0 Å². The molecule has 2 aromatic carbocycles. The zero-order chi connectivity index (χ0) is 17.8. The molecule has 0 spiro atoms. The minimum absolute atomic E-state index is 0.0960. The van der Waals surface area contributed by atoms with Crippen molar-refractivity contribution in [1.29, 1.82) is 0 Å². The summed E-state index contributed by atoms with van der Waals surface area (Å²) in [4.78, 5) is 16.6. The van der Waals surface area contributed by atoms with Crippen molar-refractivity contribution in [3.8, 4) is 11.4 Å². The molecule has 0 aliphatic heterocycles. The fourth-order valence-electron chi connectivity index (χ4n) is 2.44. The maximum atomic E-state index is 12.2. The molecule has 0 fully saturated rings. The van der Waals surface area contributed by atoms with Crippen LogP contribution < -0.4 is 5.32 Å². The number of nitrogens with zero attached hydrogens (tertiary/aromatic N) is 2. The highest BCUT2D eigenvalue weighted by Crippen LogP contribution is 2.16. The highest BCUT2D eigenvalue weighted by molar-refractivity contribution is 5.94. The van der Waals surface area contributed by atoms with Gasteiger partial charge in [-0.15, -0.1) is 0 Å². The van der Waals surface area contributed by atoms with Crippen molar-refractivity contribution in [2.45, 2.75) is 27.2 Å². The molecule has 0 saturated heterocycles. The molecule has 3 rings (SSSR count). The lowest BCUT2D eigenvalue weighted by Crippen LogP contribution is -2.25. The molecule has 1 amide bonds. The van der Waals surface area contributed by atoms with Crippen LogP contribution in [0.4, 0.5) is 0 Å². The number of carbonyl (C=O) groups is 1. The van der Waals surface area contributed by atoms with Gasteiger partial charge in [0.15, 0.2) is 0 Å². The van der Waals surface area contributed by atoms with E-state index in [2.05, 4.69) is 15.5 Å². The first-order valence-corrected chi connectivity index (χ1v) is 8.28. The van der Waals surface area contributed by atoms with E-state index in [1.807, 2.05) is 63.2 Å². The summed E-state index contributed by atoms with van der Waals surface area (Å²) in [5.41, 5.74) is 5.04. The molecule has 0 saturated carbocycles. The molecule has 128 valence electrons. The molecule has 0 unspecified atom stereocenters. The van der Waals surface area contributed by atoms with Gasteiger partial charge in [-0.2, -0.15) is 4.98 Å². The Morgan fingerprint density at radius 1 is 1.04 bits per heavy atom. The maximum absolute atomic E-state index is 12.2. The molecule has 0 aliphatic carbocycles. The number of aromatic nitrogens is 2. The summed E-state index contributed by atoms with van der Waals surface area (Å²) in [6.07, 6.45) is 0.495. The third-order valence-electron chi connectivity index (χ3n) is 4.17. The first kappa shape index (κ1) is 16.9. The van der Waals surface area contributed by atoms with Crippen LogP contribution >= 0.6 is 0 Å². The lowest BCUT2D eigenvalue weighted by molar-refractivity contribution is 0.0953. The van der Waals surface area contributed by atoms with Crippen LogP contribution in [-0.4, -0.2) is 22.6 Å². The molecular formula is C20H21N3O2. The molecule has 5 heteroatoms. The number of hydrogen-bond donors (Lipinski definition) is 1. The number of aryl methyl sites for hydroxylation is 3. The molecule has 0 radical (unpaired) electrons. The number of hydrogen-bond acceptors (Lipinski definition) is 4. The van der Waals surface area contributed by atoms with Crippen LogP contribution in [0.2, 0.25) is 0 Å². The Kier molecular flexibility index (Phi) is 4.93. The largest absolute Gasteiger partial charge is 0.352 e. The van der Waals surface area contributed by atoms with Gasteiger partial charge in [-0.25, -0.2) is 0 Å². The van der Waals surface area contributed by atoms with E-state index in [0.717, 1.165) is 11.1 Å². The third kappa shape index (κ3) is 4.12. The highest BCUT2D eigenvalue weighted by Gasteiger charge is 2.10. The van der Waals surface area contributed by atoms with E-state index >= 15 is 0 Å². The SMILES string of the molecule is Cc1ccc(-c2noc(CCNC(=O)c3ccc(C)c(C)c3)n2)cc1. The molecule has 25 heavy (non-hydrogen) atoms. The van der Waals surface area contributed by atoms with E-state index in [1.165, 1.54) is 11.1 Å². The van der Waals surface area contributed by atoms with E-state index in [0.29, 0.717) is 30.2 Å². The van der Waals surface area contributed by atoms with Crippen molar-refractivity contribution in [3.05, 3.63) is 70.6 Å².